The van der Waals surface area contributed by atoms with Crippen molar-refractivity contribution in [2.24, 2.45) is 0 Å². The van der Waals surface area contributed by atoms with Crippen LogP contribution in [-0.2, 0) is 14.3 Å². The van der Waals surface area contributed by atoms with Crippen molar-refractivity contribution in [1.82, 2.24) is 19.9 Å². The van der Waals surface area contributed by atoms with E-state index in [2.05, 4.69) is 25.3 Å². The van der Waals surface area contributed by atoms with Gasteiger partial charge in [-0.25, -0.2) is 23.1 Å². The molecule has 5 aromatic rings. The van der Waals surface area contributed by atoms with Crippen LogP contribution >= 0.6 is 0 Å². The molecule has 232 valence electrons. The molecule has 0 radical (unpaired) electrons. The fourth-order valence-electron chi connectivity index (χ4n) is 5.14. The number of nitrogens with zero attached hydrogens (tertiary/aromatic N) is 3. The first-order valence-electron chi connectivity index (χ1n) is 14.1. The number of aromatic nitrogens is 4. The molecule has 1 unspecified atom stereocenters. The Hall–Kier alpha value is -4.88. The maximum absolute atomic E-state index is 14.9. The highest BCUT2D eigenvalue weighted by atomic mass is 19.3. The second kappa shape index (κ2) is 13.4. The monoisotopic (exact) mass is 621 g/mol. The van der Waals surface area contributed by atoms with E-state index in [1.165, 1.54) is 24.4 Å². The van der Waals surface area contributed by atoms with Crippen LogP contribution < -0.4 is 10.1 Å². The number of H-pyrrole nitrogens is 1. The molecule has 0 aliphatic carbocycles. The second-order valence-electron chi connectivity index (χ2n) is 10.3. The Morgan fingerprint density at radius 3 is 2.62 bits per heavy atom. The average Bonchev–Trinajstić information content (AvgIpc) is 3.43. The Labute approximate surface area is 254 Å². The number of amides is 1. The number of ether oxygens (including phenoxy) is 3. The number of pyridine rings is 3. The van der Waals surface area contributed by atoms with Crippen molar-refractivity contribution in [3.05, 3.63) is 90.4 Å². The van der Waals surface area contributed by atoms with Crippen LogP contribution in [0.5, 0.6) is 5.75 Å². The maximum Gasteiger partial charge on any atom is 0.239 e. The minimum absolute atomic E-state index is 0.0783. The molecule has 1 amide bonds. The van der Waals surface area contributed by atoms with Crippen molar-refractivity contribution in [2.75, 3.05) is 31.7 Å². The molecular formula is C32H27F4N5O4. The molecule has 6 rings (SSSR count). The summed E-state index contributed by atoms with van der Waals surface area (Å²) >= 11 is 0. The van der Waals surface area contributed by atoms with Crippen LogP contribution in [0.1, 0.15) is 17.9 Å². The number of carbonyl (C=O) groups excluding carboxylic acids is 1. The molecule has 1 aliphatic heterocycles. The molecule has 4 aromatic heterocycles. The van der Waals surface area contributed by atoms with Crippen LogP contribution in [0.3, 0.4) is 0 Å². The summed E-state index contributed by atoms with van der Waals surface area (Å²) in [4.78, 5) is 29.3. The van der Waals surface area contributed by atoms with Gasteiger partial charge in [0.25, 0.3) is 0 Å². The Morgan fingerprint density at radius 2 is 1.89 bits per heavy atom. The third kappa shape index (κ3) is 6.94. The lowest BCUT2D eigenvalue weighted by molar-refractivity contribution is -0.118. The summed E-state index contributed by atoms with van der Waals surface area (Å²) in [5.41, 5.74) is 2.85. The van der Waals surface area contributed by atoms with Gasteiger partial charge in [0.1, 0.15) is 41.1 Å². The molecule has 5 heterocycles. The molecule has 1 saturated heterocycles. The Balaban J connectivity index is 1.37. The number of alkyl halides is 2. The number of halogens is 4. The molecule has 1 aromatic carbocycles. The van der Waals surface area contributed by atoms with E-state index < -0.39 is 36.4 Å². The Bertz CT molecular complexity index is 1780. The number of hydrogen-bond acceptors (Lipinski definition) is 7. The van der Waals surface area contributed by atoms with Gasteiger partial charge >= 0.3 is 0 Å². The van der Waals surface area contributed by atoms with E-state index in [1.807, 2.05) is 0 Å². The number of aromatic amines is 1. The average molecular weight is 622 g/mol. The van der Waals surface area contributed by atoms with E-state index in [0.717, 1.165) is 12.1 Å². The molecule has 45 heavy (non-hydrogen) atoms. The lowest BCUT2D eigenvalue weighted by Crippen LogP contribution is -2.33. The third-order valence-electron chi connectivity index (χ3n) is 7.22. The summed E-state index contributed by atoms with van der Waals surface area (Å²) < 4.78 is 72.3. The summed E-state index contributed by atoms with van der Waals surface area (Å²) in [5.74, 6) is -3.03. The van der Waals surface area contributed by atoms with Gasteiger partial charge < -0.3 is 24.5 Å². The van der Waals surface area contributed by atoms with Crippen molar-refractivity contribution >= 4 is 22.8 Å². The number of benzene rings is 1. The summed E-state index contributed by atoms with van der Waals surface area (Å²) in [6.07, 6.45) is -0.846. The number of carbonyl (C=O) groups is 1. The van der Waals surface area contributed by atoms with Crippen molar-refractivity contribution < 1.29 is 36.6 Å². The summed E-state index contributed by atoms with van der Waals surface area (Å²) in [6, 6.07) is 14.5. The van der Waals surface area contributed by atoms with Gasteiger partial charge in [0.2, 0.25) is 18.3 Å². The zero-order chi connectivity index (χ0) is 31.3. The largest absolute Gasteiger partial charge is 0.488 e. The van der Waals surface area contributed by atoms with Crippen LogP contribution in [-0.4, -0.2) is 64.8 Å². The predicted molar refractivity (Wildman–Crippen MR) is 157 cm³/mol. The number of hydrogen-bond donors (Lipinski definition) is 2. The van der Waals surface area contributed by atoms with Gasteiger partial charge in [0.15, 0.2) is 0 Å². The summed E-state index contributed by atoms with van der Waals surface area (Å²) in [7, 11) is 0. The normalized spacial score (nSPS) is 15.7. The quantitative estimate of drug-likeness (QED) is 0.142. The molecule has 2 atom stereocenters. The Morgan fingerprint density at radius 1 is 1.04 bits per heavy atom. The summed E-state index contributed by atoms with van der Waals surface area (Å²) in [6.45, 7) is 1.38. The number of nitrogens with one attached hydrogen (secondary N) is 2. The van der Waals surface area contributed by atoms with Crippen LogP contribution in [0.15, 0.2) is 73.1 Å². The van der Waals surface area contributed by atoms with E-state index in [9.17, 15) is 22.4 Å². The fraction of sp³-hybridized carbons (Fsp3) is 0.250. The van der Waals surface area contributed by atoms with Crippen molar-refractivity contribution in [2.45, 2.75) is 24.9 Å². The highest BCUT2D eigenvalue weighted by Gasteiger charge is 2.26. The second-order valence-corrected chi connectivity index (χ2v) is 10.3. The molecule has 1 fully saturated rings. The molecule has 1 aliphatic rings. The highest BCUT2D eigenvalue weighted by molar-refractivity contribution is 6.03. The lowest BCUT2D eigenvalue weighted by atomic mass is 9.95. The zero-order valence-corrected chi connectivity index (χ0v) is 23.7. The van der Waals surface area contributed by atoms with Crippen LogP contribution in [0.25, 0.3) is 33.5 Å². The predicted octanol–water partition coefficient (Wildman–Crippen LogP) is 6.14. The highest BCUT2D eigenvalue weighted by Crippen LogP contribution is 2.40. The first-order chi connectivity index (χ1) is 21.9. The molecule has 9 nitrogen and oxygen atoms in total. The number of rotatable bonds is 10. The van der Waals surface area contributed by atoms with Gasteiger partial charge in [-0.1, -0.05) is 18.2 Å². The molecule has 0 bridgehead atoms. The number of fused-ring (bicyclic) bond motifs is 1. The van der Waals surface area contributed by atoms with Gasteiger partial charge in [0, 0.05) is 30.4 Å². The molecule has 2 N–H and O–H groups in total. The van der Waals surface area contributed by atoms with E-state index in [1.54, 1.807) is 36.5 Å². The van der Waals surface area contributed by atoms with Crippen molar-refractivity contribution in [1.29, 1.82) is 0 Å². The molecule has 0 saturated carbocycles. The Kier molecular flexibility index (Phi) is 8.98. The minimum Gasteiger partial charge on any atom is -0.488 e. The zero-order valence-electron chi connectivity index (χ0n) is 23.7. The topological polar surface area (TPSA) is 111 Å². The molecule has 13 heteroatoms. The first kappa shape index (κ1) is 30.2. The van der Waals surface area contributed by atoms with Gasteiger partial charge in [0.05, 0.1) is 42.7 Å². The SMILES string of the molecule is O=C(Nc1cc(-c2[nH]c3c(OC[C@H]4COCCO4)cc(F)nc3c2-c2ccccn2)ccn1)C(CC(F)F)c1ccc(F)cc1. The van der Waals surface area contributed by atoms with E-state index in [0.29, 0.717) is 47.9 Å². The standard InChI is InChI=1S/C32H27F4N5O4/c33-20-6-4-18(5-7-20)22(14-25(34)35)32(42)40-27-13-19(8-10-38-27)29-28(23-3-1-2-9-37-23)31-30(41-29)24(15-26(36)39-31)45-17-21-16-43-11-12-44-21/h1-10,13,15,21-22,25,41H,11-12,14,16-17H2,(H,38,40,42)/t21-,22?/m1/s1. The van der Waals surface area contributed by atoms with Gasteiger partial charge in [-0.05, 0) is 42.0 Å². The number of anilines is 1. The van der Waals surface area contributed by atoms with Crippen molar-refractivity contribution in [3.63, 3.8) is 0 Å². The molecule has 0 spiro atoms. The summed E-state index contributed by atoms with van der Waals surface area (Å²) in [5, 5.41) is 2.61. The van der Waals surface area contributed by atoms with Gasteiger partial charge in [-0.15, -0.1) is 0 Å². The van der Waals surface area contributed by atoms with E-state index >= 15 is 0 Å². The smallest absolute Gasteiger partial charge is 0.239 e. The third-order valence-corrected chi connectivity index (χ3v) is 7.22. The first-order valence-corrected chi connectivity index (χ1v) is 14.1. The minimum atomic E-state index is -2.78. The lowest BCUT2D eigenvalue weighted by Gasteiger charge is -2.23. The van der Waals surface area contributed by atoms with Crippen molar-refractivity contribution in [3.8, 4) is 28.3 Å². The fourth-order valence-corrected chi connectivity index (χ4v) is 5.14. The van der Waals surface area contributed by atoms with Crippen LogP contribution in [0, 0.1) is 11.8 Å². The van der Waals surface area contributed by atoms with Crippen LogP contribution in [0.2, 0.25) is 0 Å². The van der Waals surface area contributed by atoms with E-state index in [4.69, 9.17) is 14.2 Å². The maximum atomic E-state index is 14.9. The van der Waals surface area contributed by atoms with Gasteiger partial charge in [-0.3, -0.25) is 9.78 Å². The molecular weight excluding hydrogens is 594 g/mol. The van der Waals surface area contributed by atoms with E-state index in [-0.39, 0.29) is 35.4 Å². The van der Waals surface area contributed by atoms with Crippen LogP contribution in [0.4, 0.5) is 23.4 Å². The van der Waals surface area contributed by atoms with Gasteiger partial charge in [-0.2, -0.15) is 4.39 Å².